The summed E-state index contributed by atoms with van der Waals surface area (Å²) < 4.78 is 69.4. The number of anilines is 1. The Morgan fingerprint density at radius 1 is 1.19 bits per heavy atom. The zero-order valence-corrected chi connectivity index (χ0v) is 19.5. The Morgan fingerprint density at radius 2 is 1.97 bits per heavy atom. The standard InChI is InChI=1S/C24H24F4N6O2/c1-35-22-21-19(13-6-15(25)20-17(7-13)33(12-29-20)9-18(27)28)16(26)8-34(21)32-23(31-22)30-14-2-4-24(5-3-14)10-36-11-24/h6-8,12,14,18H,2-5,9-11H2,1H3,(H,30,32). The summed E-state index contributed by atoms with van der Waals surface area (Å²) in [5, 5.41) is 7.76. The third-order valence-corrected chi connectivity index (χ3v) is 7.24. The molecule has 2 aliphatic rings. The van der Waals surface area contributed by atoms with Crippen LogP contribution in [-0.2, 0) is 11.3 Å². The highest BCUT2D eigenvalue weighted by Gasteiger charge is 2.41. The maximum Gasteiger partial charge on any atom is 0.256 e. The quantitative estimate of drug-likeness (QED) is 0.385. The molecule has 190 valence electrons. The highest BCUT2D eigenvalue weighted by Crippen LogP contribution is 2.43. The molecule has 0 amide bonds. The van der Waals surface area contributed by atoms with E-state index in [-0.39, 0.29) is 39.6 Å². The van der Waals surface area contributed by atoms with Gasteiger partial charge in [-0.2, -0.15) is 4.98 Å². The number of hydrogen-bond donors (Lipinski definition) is 1. The second-order valence-electron chi connectivity index (χ2n) is 9.62. The Balaban J connectivity index is 1.37. The third kappa shape index (κ3) is 3.83. The second kappa shape index (κ2) is 8.61. The minimum atomic E-state index is -2.66. The van der Waals surface area contributed by atoms with Crippen LogP contribution in [0.2, 0.25) is 0 Å². The molecule has 1 aliphatic heterocycles. The van der Waals surface area contributed by atoms with Crippen molar-refractivity contribution in [2.45, 2.75) is 44.7 Å². The lowest BCUT2D eigenvalue weighted by molar-refractivity contribution is -0.131. The predicted molar refractivity (Wildman–Crippen MR) is 123 cm³/mol. The molecule has 0 atom stereocenters. The number of alkyl halides is 2. The maximum absolute atomic E-state index is 15.3. The lowest BCUT2D eigenvalue weighted by Gasteiger charge is -2.46. The maximum atomic E-state index is 15.3. The first-order valence-corrected chi connectivity index (χ1v) is 11.8. The first kappa shape index (κ1) is 23.0. The molecule has 1 saturated heterocycles. The van der Waals surface area contributed by atoms with Crippen molar-refractivity contribution in [3.05, 3.63) is 36.3 Å². The highest BCUT2D eigenvalue weighted by atomic mass is 19.3. The molecule has 1 saturated carbocycles. The monoisotopic (exact) mass is 504 g/mol. The van der Waals surface area contributed by atoms with Crippen LogP contribution in [0.15, 0.2) is 24.7 Å². The van der Waals surface area contributed by atoms with Crippen molar-refractivity contribution >= 4 is 22.5 Å². The average Bonchev–Trinajstić information content (AvgIpc) is 3.38. The van der Waals surface area contributed by atoms with Crippen molar-refractivity contribution < 1.29 is 27.0 Å². The van der Waals surface area contributed by atoms with Crippen molar-refractivity contribution in [2.75, 3.05) is 25.6 Å². The van der Waals surface area contributed by atoms with E-state index in [9.17, 15) is 13.2 Å². The van der Waals surface area contributed by atoms with E-state index in [1.807, 2.05) is 0 Å². The van der Waals surface area contributed by atoms with Gasteiger partial charge < -0.3 is 19.4 Å². The Hall–Kier alpha value is -3.41. The smallest absolute Gasteiger partial charge is 0.256 e. The number of benzene rings is 1. The molecule has 1 N–H and O–H groups in total. The molecular weight excluding hydrogens is 480 g/mol. The molecule has 2 fully saturated rings. The van der Waals surface area contributed by atoms with Gasteiger partial charge in [0.25, 0.3) is 6.43 Å². The summed E-state index contributed by atoms with van der Waals surface area (Å²) >= 11 is 0. The van der Waals surface area contributed by atoms with Crippen LogP contribution in [0.4, 0.5) is 23.5 Å². The SMILES string of the molecule is COc1nc(NC2CCC3(CC2)COC3)nn2cc(F)c(-c3cc(F)c4ncn(CC(F)F)c4c3)c12. The molecular formula is C24H24F4N6O2. The van der Waals surface area contributed by atoms with E-state index in [0.717, 1.165) is 55.9 Å². The molecule has 1 aliphatic carbocycles. The second-order valence-corrected chi connectivity index (χ2v) is 9.62. The lowest BCUT2D eigenvalue weighted by atomic mass is 9.71. The molecule has 6 rings (SSSR count). The minimum Gasteiger partial charge on any atom is -0.479 e. The van der Waals surface area contributed by atoms with Gasteiger partial charge in [0.1, 0.15) is 11.0 Å². The molecule has 4 aromatic rings. The van der Waals surface area contributed by atoms with Gasteiger partial charge in [-0.3, -0.25) is 0 Å². The summed E-state index contributed by atoms with van der Waals surface area (Å²) in [6.07, 6.45) is 3.67. The fourth-order valence-electron chi connectivity index (χ4n) is 5.30. The van der Waals surface area contributed by atoms with E-state index < -0.39 is 24.6 Å². The highest BCUT2D eigenvalue weighted by molar-refractivity contribution is 5.90. The van der Waals surface area contributed by atoms with Crippen molar-refractivity contribution in [3.63, 3.8) is 0 Å². The summed E-state index contributed by atoms with van der Waals surface area (Å²) in [4.78, 5) is 8.34. The normalized spacial score (nSPS) is 17.8. The van der Waals surface area contributed by atoms with E-state index in [2.05, 4.69) is 20.4 Å². The summed E-state index contributed by atoms with van der Waals surface area (Å²) in [5.41, 5.74) is 0.719. The van der Waals surface area contributed by atoms with Crippen LogP contribution in [0.3, 0.4) is 0 Å². The molecule has 4 heterocycles. The zero-order valence-electron chi connectivity index (χ0n) is 19.5. The third-order valence-electron chi connectivity index (χ3n) is 7.24. The Bertz CT molecular complexity index is 1440. The first-order valence-electron chi connectivity index (χ1n) is 11.8. The van der Waals surface area contributed by atoms with Crippen LogP contribution < -0.4 is 10.1 Å². The number of nitrogens with zero attached hydrogens (tertiary/aromatic N) is 5. The number of imidazole rings is 1. The number of aromatic nitrogens is 5. The molecule has 0 radical (unpaired) electrons. The molecule has 12 heteroatoms. The first-order chi connectivity index (χ1) is 17.4. The molecule has 1 aromatic carbocycles. The van der Waals surface area contributed by atoms with Crippen LogP contribution in [0, 0.1) is 17.0 Å². The van der Waals surface area contributed by atoms with Crippen LogP contribution in [-0.4, -0.2) is 56.9 Å². The van der Waals surface area contributed by atoms with Crippen molar-refractivity contribution in [2.24, 2.45) is 5.41 Å². The number of rotatable bonds is 6. The molecule has 36 heavy (non-hydrogen) atoms. The number of methoxy groups -OCH3 is 1. The minimum absolute atomic E-state index is 0.00795. The zero-order chi connectivity index (χ0) is 25.0. The fourth-order valence-corrected chi connectivity index (χ4v) is 5.30. The molecule has 8 nitrogen and oxygen atoms in total. The van der Waals surface area contributed by atoms with Crippen molar-refractivity contribution in [3.8, 4) is 17.0 Å². The van der Waals surface area contributed by atoms with E-state index in [1.165, 1.54) is 23.9 Å². The number of ether oxygens (including phenoxy) is 2. The molecule has 0 bridgehead atoms. The molecule has 3 aromatic heterocycles. The van der Waals surface area contributed by atoms with Gasteiger partial charge >= 0.3 is 0 Å². The fraction of sp³-hybridized carbons (Fsp3) is 0.458. The number of hydrogen-bond acceptors (Lipinski definition) is 6. The molecule has 1 spiro atoms. The van der Waals surface area contributed by atoms with Crippen molar-refractivity contribution in [1.29, 1.82) is 0 Å². The summed E-state index contributed by atoms with van der Waals surface area (Å²) in [6.45, 7) is 0.975. The van der Waals surface area contributed by atoms with Crippen LogP contribution >= 0.6 is 0 Å². The number of fused-ring (bicyclic) bond motifs is 2. The number of nitrogens with one attached hydrogen (secondary N) is 1. The van der Waals surface area contributed by atoms with Gasteiger partial charge in [0, 0.05) is 11.5 Å². The lowest BCUT2D eigenvalue weighted by Crippen LogP contribution is -2.47. The van der Waals surface area contributed by atoms with Crippen molar-refractivity contribution in [1.82, 2.24) is 24.1 Å². The Kier molecular flexibility index (Phi) is 5.51. The van der Waals surface area contributed by atoms with Gasteiger partial charge in [0.15, 0.2) is 11.6 Å². The van der Waals surface area contributed by atoms with E-state index in [0.29, 0.717) is 11.4 Å². The summed E-state index contributed by atoms with van der Waals surface area (Å²) in [7, 11) is 1.41. The summed E-state index contributed by atoms with van der Waals surface area (Å²) in [6, 6.07) is 2.72. The van der Waals surface area contributed by atoms with Crippen LogP contribution in [0.25, 0.3) is 27.7 Å². The summed E-state index contributed by atoms with van der Waals surface area (Å²) in [5.74, 6) is -1.03. The Morgan fingerprint density at radius 3 is 2.64 bits per heavy atom. The van der Waals surface area contributed by atoms with Crippen LogP contribution in [0.1, 0.15) is 25.7 Å². The van der Waals surface area contributed by atoms with Gasteiger partial charge in [-0.25, -0.2) is 27.1 Å². The van der Waals surface area contributed by atoms with Crippen LogP contribution in [0.5, 0.6) is 5.88 Å². The number of halogens is 4. The predicted octanol–water partition coefficient (Wildman–Crippen LogP) is 4.67. The van der Waals surface area contributed by atoms with E-state index >= 15 is 4.39 Å². The largest absolute Gasteiger partial charge is 0.479 e. The van der Waals surface area contributed by atoms with Gasteiger partial charge in [0.2, 0.25) is 11.8 Å². The average molecular weight is 504 g/mol. The van der Waals surface area contributed by atoms with E-state index in [4.69, 9.17) is 9.47 Å². The topological polar surface area (TPSA) is 78.5 Å². The Labute approximate surface area is 203 Å². The van der Waals surface area contributed by atoms with E-state index in [1.54, 1.807) is 0 Å². The van der Waals surface area contributed by atoms with Gasteiger partial charge in [-0.1, -0.05) is 0 Å². The van der Waals surface area contributed by atoms with Gasteiger partial charge in [-0.05, 0) is 43.4 Å². The van der Waals surface area contributed by atoms with Gasteiger partial charge in [-0.15, -0.1) is 5.10 Å². The molecule has 0 unspecified atom stereocenters. The van der Waals surface area contributed by atoms with Gasteiger partial charge in [0.05, 0.1) is 50.5 Å².